The molecule has 1 saturated heterocycles. The van der Waals surface area contributed by atoms with E-state index < -0.39 is 0 Å². The summed E-state index contributed by atoms with van der Waals surface area (Å²) in [7, 11) is 0. The van der Waals surface area contributed by atoms with Gasteiger partial charge in [0.15, 0.2) is 0 Å². The van der Waals surface area contributed by atoms with Crippen LogP contribution in [0.3, 0.4) is 0 Å². The molecular weight excluding hydrogens is 242 g/mol. The quantitative estimate of drug-likeness (QED) is 0.855. The van der Waals surface area contributed by atoms with Crippen LogP contribution in [0, 0.1) is 18.8 Å². The van der Waals surface area contributed by atoms with Crippen molar-refractivity contribution in [1.82, 2.24) is 5.32 Å². The minimum absolute atomic E-state index is 0.673. The van der Waals surface area contributed by atoms with Gasteiger partial charge in [-0.25, -0.2) is 0 Å². The number of aryl methyl sites for hydroxylation is 1. The van der Waals surface area contributed by atoms with Crippen LogP contribution in [0.1, 0.15) is 43.7 Å². The van der Waals surface area contributed by atoms with Crippen molar-refractivity contribution in [1.29, 1.82) is 0 Å². The summed E-state index contributed by atoms with van der Waals surface area (Å²) in [5.74, 6) is 2.18. The van der Waals surface area contributed by atoms with Gasteiger partial charge in [0.25, 0.3) is 0 Å². The summed E-state index contributed by atoms with van der Waals surface area (Å²) < 4.78 is 0. The third-order valence-electron chi connectivity index (χ3n) is 4.01. The van der Waals surface area contributed by atoms with E-state index in [1.807, 2.05) is 0 Å². The lowest BCUT2D eigenvalue weighted by molar-refractivity contribution is 0.280. The van der Waals surface area contributed by atoms with Crippen molar-refractivity contribution in [3.63, 3.8) is 0 Å². The number of hydrogen-bond donors (Lipinski definition) is 1. The lowest BCUT2D eigenvalue weighted by Crippen LogP contribution is -2.36. The van der Waals surface area contributed by atoms with Crippen molar-refractivity contribution < 1.29 is 0 Å². The molecule has 2 unspecified atom stereocenters. The number of hydrogen-bond acceptors (Lipinski definition) is 1. The molecule has 0 aromatic heterocycles. The molecule has 18 heavy (non-hydrogen) atoms. The van der Waals surface area contributed by atoms with Crippen LogP contribution in [0.25, 0.3) is 0 Å². The van der Waals surface area contributed by atoms with E-state index in [0.717, 1.165) is 29.9 Å². The molecular formula is C16H24ClN. The molecule has 2 atom stereocenters. The lowest BCUT2D eigenvalue weighted by atomic mass is 9.77. The maximum atomic E-state index is 6.27. The Kier molecular flexibility index (Phi) is 4.69. The standard InChI is InChI=1S/C16H24ClN/c1-11(2)8-14-10-18-7-6-15(14)13-5-4-12(3)16(17)9-13/h4-5,9,11,14-15,18H,6-8,10H2,1-3H3. The fraction of sp³-hybridized carbons (Fsp3) is 0.625. The molecule has 0 spiro atoms. The summed E-state index contributed by atoms with van der Waals surface area (Å²) >= 11 is 6.27. The number of piperidine rings is 1. The van der Waals surface area contributed by atoms with E-state index in [4.69, 9.17) is 11.6 Å². The molecule has 0 radical (unpaired) electrons. The van der Waals surface area contributed by atoms with E-state index in [9.17, 15) is 0 Å². The van der Waals surface area contributed by atoms with Crippen molar-refractivity contribution in [3.8, 4) is 0 Å². The van der Waals surface area contributed by atoms with Gasteiger partial charge >= 0.3 is 0 Å². The van der Waals surface area contributed by atoms with E-state index in [2.05, 4.69) is 44.3 Å². The average Bonchev–Trinajstić information content (AvgIpc) is 2.33. The van der Waals surface area contributed by atoms with Crippen LogP contribution in [-0.4, -0.2) is 13.1 Å². The van der Waals surface area contributed by atoms with Gasteiger partial charge in [-0.3, -0.25) is 0 Å². The third-order valence-corrected chi connectivity index (χ3v) is 4.41. The largest absolute Gasteiger partial charge is 0.316 e. The molecule has 1 aliphatic rings. The number of nitrogens with one attached hydrogen (secondary N) is 1. The summed E-state index contributed by atoms with van der Waals surface area (Å²) in [5, 5.41) is 4.44. The zero-order valence-corrected chi connectivity index (χ0v) is 12.4. The van der Waals surface area contributed by atoms with Gasteiger partial charge < -0.3 is 5.32 Å². The van der Waals surface area contributed by atoms with Crippen molar-refractivity contribution in [2.24, 2.45) is 11.8 Å². The molecule has 0 amide bonds. The van der Waals surface area contributed by atoms with Gasteiger partial charge in [0.05, 0.1) is 0 Å². The zero-order chi connectivity index (χ0) is 13.1. The minimum atomic E-state index is 0.673. The van der Waals surface area contributed by atoms with Gasteiger partial charge in [0.1, 0.15) is 0 Å². The summed E-state index contributed by atoms with van der Waals surface area (Å²) in [6, 6.07) is 6.61. The highest BCUT2D eigenvalue weighted by Crippen LogP contribution is 2.35. The Morgan fingerprint density at radius 1 is 1.39 bits per heavy atom. The van der Waals surface area contributed by atoms with Crippen LogP contribution >= 0.6 is 11.6 Å². The molecule has 100 valence electrons. The second-order valence-electron chi connectivity index (χ2n) is 6.00. The van der Waals surface area contributed by atoms with E-state index in [1.54, 1.807) is 0 Å². The van der Waals surface area contributed by atoms with Crippen molar-refractivity contribution in [2.45, 2.75) is 39.5 Å². The highest BCUT2D eigenvalue weighted by Gasteiger charge is 2.27. The molecule has 0 saturated carbocycles. The molecule has 1 nitrogen and oxygen atoms in total. The lowest BCUT2D eigenvalue weighted by Gasteiger charge is -2.34. The number of benzene rings is 1. The van der Waals surface area contributed by atoms with Gasteiger partial charge in [-0.05, 0) is 67.8 Å². The molecule has 0 bridgehead atoms. The molecule has 1 aromatic rings. The first kappa shape index (κ1) is 13.9. The maximum Gasteiger partial charge on any atom is 0.0438 e. The fourth-order valence-corrected chi connectivity index (χ4v) is 3.24. The highest BCUT2D eigenvalue weighted by molar-refractivity contribution is 6.31. The van der Waals surface area contributed by atoms with E-state index in [-0.39, 0.29) is 0 Å². The van der Waals surface area contributed by atoms with Gasteiger partial charge in [0, 0.05) is 5.02 Å². The van der Waals surface area contributed by atoms with Crippen LogP contribution in [-0.2, 0) is 0 Å². The molecule has 1 fully saturated rings. The smallest absolute Gasteiger partial charge is 0.0438 e. The monoisotopic (exact) mass is 265 g/mol. The van der Waals surface area contributed by atoms with E-state index >= 15 is 0 Å². The zero-order valence-electron chi connectivity index (χ0n) is 11.7. The topological polar surface area (TPSA) is 12.0 Å². The average molecular weight is 266 g/mol. The van der Waals surface area contributed by atoms with Crippen LogP contribution in [0.15, 0.2) is 18.2 Å². The molecule has 2 rings (SSSR count). The van der Waals surface area contributed by atoms with Gasteiger partial charge in [0.2, 0.25) is 0 Å². The first-order chi connectivity index (χ1) is 8.58. The molecule has 1 aromatic carbocycles. The maximum absolute atomic E-state index is 6.27. The van der Waals surface area contributed by atoms with Crippen LogP contribution < -0.4 is 5.32 Å². The van der Waals surface area contributed by atoms with E-state index in [0.29, 0.717) is 5.92 Å². The summed E-state index contributed by atoms with van der Waals surface area (Å²) in [4.78, 5) is 0. The highest BCUT2D eigenvalue weighted by atomic mass is 35.5. The summed E-state index contributed by atoms with van der Waals surface area (Å²) in [6.45, 7) is 8.97. The Hall–Kier alpha value is -0.530. The summed E-state index contributed by atoms with van der Waals surface area (Å²) in [6.07, 6.45) is 2.53. The molecule has 2 heteroatoms. The molecule has 0 aliphatic carbocycles. The number of halogens is 1. The fourth-order valence-electron chi connectivity index (χ4n) is 3.05. The Bertz CT molecular complexity index is 400. The minimum Gasteiger partial charge on any atom is -0.316 e. The predicted molar refractivity (Wildman–Crippen MR) is 79.4 cm³/mol. The van der Waals surface area contributed by atoms with Crippen molar-refractivity contribution in [2.75, 3.05) is 13.1 Å². The van der Waals surface area contributed by atoms with Crippen LogP contribution in [0.4, 0.5) is 0 Å². The second kappa shape index (κ2) is 6.08. The Morgan fingerprint density at radius 2 is 2.17 bits per heavy atom. The Balaban J connectivity index is 2.19. The van der Waals surface area contributed by atoms with Crippen LogP contribution in [0.2, 0.25) is 5.02 Å². The van der Waals surface area contributed by atoms with Crippen LogP contribution in [0.5, 0.6) is 0 Å². The van der Waals surface area contributed by atoms with E-state index in [1.165, 1.54) is 24.0 Å². The first-order valence-electron chi connectivity index (χ1n) is 7.04. The molecule has 1 heterocycles. The van der Waals surface area contributed by atoms with Gasteiger partial charge in [-0.1, -0.05) is 37.6 Å². The molecule has 1 N–H and O–H groups in total. The van der Waals surface area contributed by atoms with Crippen molar-refractivity contribution in [3.05, 3.63) is 34.3 Å². The van der Waals surface area contributed by atoms with Gasteiger partial charge in [-0.15, -0.1) is 0 Å². The number of rotatable bonds is 3. The van der Waals surface area contributed by atoms with Gasteiger partial charge in [-0.2, -0.15) is 0 Å². The first-order valence-corrected chi connectivity index (χ1v) is 7.42. The Morgan fingerprint density at radius 3 is 2.83 bits per heavy atom. The third kappa shape index (κ3) is 3.27. The SMILES string of the molecule is Cc1ccc(C2CCNCC2CC(C)C)cc1Cl. The van der Waals surface area contributed by atoms with Crippen molar-refractivity contribution >= 4 is 11.6 Å². The Labute approximate surface area is 116 Å². The second-order valence-corrected chi connectivity index (χ2v) is 6.40. The molecule has 1 aliphatic heterocycles. The predicted octanol–water partition coefficient (Wildman–Crippen LogP) is 4.39. The normalized spacial score (nSPS) is 24.5. The summed E-state index contributed by atoms with van der Waals surface area (Å²) in [5.41, 5.74) is 2.60.